The van der Waals surface area contributed by atoms with Crippen LogP contribution in [0.1, 0.15) is 23.2 Å². The van der Waals surface area contributed by atoms with E-state index in [4.69, 9.17) is 4.74 Å². The fraction of sp³-hybridized carbons (Fsp3) is 0.409. The first-order valence-electron chi connectivity index (χ1n) is 9.30. The summed E-state index contributed by atoms with van der Waals surface area (Å²) in [6.45, 7) is 2.33. The van der Waals surface area contributed by atoms with Gasteiger partial charge in [0.25, 0.3) is 0 Å². The van der Waals surface area contributed by atoms with Gasteiger partial charge in [0.1, 0.15) is 5.75 Å². The minimum atomic E-state index is -0.137. The van der Waals surface area contributed by atoms with Gasteiger partial charge in [-0.15, -0.1) is 0 Å². The van der Waals surface area contributed by atoms with E-state index in [1.165, 1.54) is 0 Å². The number of hydrogen-bond acceptors (Lipinski definition) is 4. The SMILES string of the molecule is COc1cccc(-c2cccc(C(=O)CN3C[C@H]4CC(O)C[C@H]4C3)c2)c1. The number of rotatable bonds is 5. The van der Waals surface area contributed by atoms with Crippen LogP contribution in [0.15, 0.2) is 48.5 Å². The summed E-state index contributed by atoms with van der Waals surface area (Å²) in [6, 6.07) is 15.7. The third-order valence-corrected chi connectivity index (χ3v) is 5.76. The number of carbonyl (C=O) groups is 1. The van der Waals surface area contributed by atoms with E-state index in [-0.39, 0.29) is 11.9 Å². The number of ketones is 1. The number of aliphatic hydroxyl groups is 1. The average molecular weight is 351 g/mol. The largest absolute Gasteiger partial charge is 0.497 e. The number of ether oxygens (including phenoxy) is 1. The van der Waals surface area contributed by atoms with E-state index in [2.05, 4.69) is 4.90 Å². The van der Waals surface area contributed by atoms with Crippen LogP contribution in [0, 0.1) is 11.8 Å². The number of methoxy groups -OCH3 is 1. The molecule has 26 heavy (non-hydrogen) atoms. The zero-order valence-corrected chi connectivity index (χ0v) is 15.1. The van der Waals surface area contributed by atoms with Gasteiger partial charge in [0.2, 0.25) is 0 Å². The third kappa shape index (κ3) is 3.53. The highest BCUT2D eigenvalue weighted by atomic mass is 16.5. The van der Waals surface area contributed by atoms with Crippen molar-refractivity contribution in [3.8, 4) is 16.9 Å². The molecule has 0 spiro atoms. The molecule has 4 nitrogen and oxygen atoms in total. The van der Waals surface area contributed by atoms with Crippen molar-refractivity contribution >= 4 is 5.78 Å². The van der Waals surface area contributed by atoms with Gasteiger partial charge in [-0.2, -0.15) is 0 Å². The van der Waals surface area contributed by atoms with Gasteiger partial charge in [-0.25, -0.2) is 0 Å². The van der Waals surface area contributed by atoms with Gasteiger partial charge in [-0.3, -0.25) is 9.69 Å². The highest BCUT2D eigenvalue weighted by Crippen LogP contribution is 2.38. The van der Waals surface area contributed by atoms with Crippen molar-refractivity contribution in [3.63, 3.8) is 0 Å². The lowest BCUT2D eigenvalue weighted by atomic mass is 10.0. The third-order valence-electron chi connectivity index (χ3n) is 5.76. The van der Waals surface area contributed by atoms with Crippen LogP contribution in [0.25, 0.3) is 11.1 Å². The molecule has 1 heterocycles. The molecule has 2 aromatic rings. The fourth-order valence-electron chi connectivity index (χ4n) is 4.46. The standard InChI is InChI=1S/C22H25NO3/c1-26-21-7-3-5-16(11-21)15-4-2-6-17(8-15)22(25)14-23-12-18-9-20(24)10-19(18)13-23/h2-8,11,18-20,24H,9-10,12-14H2,1H3/t18-,19+,20?. The predicted molar refractivity (Wildman–Crippen MR) is 101 cm³/mol. The molecule has 0 bridgehead atoms. The van der Waals surface area contributed by atoms with E-state index in [1.807, 2.05) is 48.5 Å². The van der Waals surface area contributed by atoms with Crippen LogP contribution >= 0.6 is 0 Å². The number of hydrogen-bond donors (Lipinski definition) is 1. The van der Waals surface area contributed by atoms with Crippen LogP contribution in [-0.2, 0) is 0 Å². The van der Waals surface area contributed by atoms with Crippen molar-refractivity contribution in [2.75, 3.05) is 26.7 Å². The molecular weight excluding hydrogens is 326 g/mol. The Kier molecular flexibility index (Phi) is 4.79. The van der Waals surface area contributed by atoms with E-state index < -0.39 is 0 Å². The molecule has 2 aliphatic rings. The smallest absolute Gasteiger partial charge is 0.176 e. The molecule has 4 rings (SSSR count). The van der Waals surface area contributed by atoms with E-state index in [9.17, 15) is 9.90 Å². The Balaban J connectivity index is 1.45. The summed E-state index contributed by atoms with van der Waals surface area (Å²) in [4.78, 5) is 15.0. The highest BCUT2D eigenvalue weighted by Gasteiger charge is 2.40. The van der Waals surface area contributed by atoms with Gasteiger partial charge in [0.15, 0.2) is 5.78 Å². The molecule has 4 heteroatoms. The van der Waals surface area contributed by atoms with Crippen LogP contribution in [0.5, 0.6) is 5.75 Å². The molecule has 2 fully saturated rings. The Labute approximate surface area is 154 Å². The summed E-state index contributed by atoms with van der Waals surface area (Å²) in [5.74, 6) is 2.09. The first-order valence-corrected chi connectivity index (χ1v) is 9.30. The molecule has 1 saturated heterocycles. The zero-order chi connectivity index (χ0) is 18.1. The van der Waals surface area contributed by atoms with Gasteiger partial charge < -0.3 is 9.84 Å². The van der Waals surface area contributed by atoms with Crippen LogP contribution in [0.2, 0.25) is 0 Å². The lowest BCUT2D eigenvalue weighted by molar-refractivity contribution is 0.0935. The summed E-state index contributed by atoms with van der Waals surface area (Å²) in [5, 5.41) is 9.76. The molecular formula is C22H25NO3. The van der Waals surface area contributed by atoms with Gasteiger partial charge in [0.05, 0.1) is 19.8 Å². The molecule has 1 N–H and O–H groups in total. The van der Waals surface area contributed by atoms with Crippen molar-refractivity contribution in [1.29, 1.82) is 0 Å². The molecule has 1 unspecified atom stereocenters. The number of fused-ring (bicyclic) bond motifs is 1. The Bertz CT molecular complexity index is 789. The van der Waals surface area contributed by atoms with Crippen molar-refractivity contribution in [3.05, 3.63) is 54.1 Å². The quantitative estimate of drug-likeness (QED) is 0.840. The minimum Gasteiger partial charge on any atom is -0.497 e. The highest BCUT2D eigenvalue weighted by molar-refractivity contribution is 5.98. The molecule has 136 valence electrons. The zero-order valence-electron chi connectivity index (χ0n) is 15.1. The molecule has 0 amide bonds. The summed E-state index contributed by atoms with van der Waals surface area (Å²) in [7, 11) is 1.66. The van der Waals surface area contributed by atoms with Crippen molar-refractivity contribution in [1.82, 2.24) is 4.90 Å². The Morgan fingerprint density at radius 2 is 1.73 bits per heavy atom. The molecule has 0 radical (unpaired) electrons. The molecule has 1 aliphatic heterocycles. The first-order chi connectivity index (χ1) is 12.6. The normalized spacial score (nSPS) is 25.2. The maximum absolute atomic E-state index is 12.8. The topological polar surface area (TPSA) is 49.8 Å². The minimum absolute atomic E-state index is 0.137. The second-order valence-electron chi connectivity index (χ2n) is 7.58. The molecule has 0 aromatic heterocycles. The van der Waals surface area contributed by atoms with Crippen molar-refractivity contribution < 1.29 is 14.6 Å². The molecule has 3 atom stereocenters. The summed E-state index contributed by atoms with van der Waals surface area (Å²) in [5.41, 5.74) is 2.82. The van der Waals surface area contributed by atoms with Crippen LogP contribution < -0.4 is 4.74 Å². The Morgan fingerprint density at radius 3 is 2.42 bits per heavy atom. The van der Waals surface area contributed by atoms with Crippen molar-refractivity contribution in [2.45, 2.75) is 18.9 Å². The Morgan fingerprint density at radius 1 is 1.08 bits per heavy atom. The van der Waals surface area contributed by atoms with E-state index in [0.29, 0.717) is 18.4 Å². The van der Waals surface area contributed by atoms with E-state index >= 15 is 0 Å². The van der Waals surface area contributed by atoms with Crippen molar-refractivity contribution in [2.24, 2.45) is 11.8 Å². The number of Topliss-reactive ketones (excluding diaryl/α,β-unsaturated/α-hetero) is 1. The second-order valence-corrected chi connectivity index (χ2v) is 7.58. The van der Waals surface area contributed by atoms with E-state index in [0.717, 1.165) is 48.4 Å². The summed E-state index contributed by atoms with van der Waals surface area (Å²) in [6.07, 6.45) is 1.64. The second kappa shape index (κ2) is 7.22. The van der Waals surface area contributed by atoms with E-state index in [1.54, 1.807) is 7.11 Å². The number of aliphatic hydroxyl groups excluding tert-OH is 1. The molecule has 1 saturated carbocycles. The predicted octanol–water partition coefficient (Wildman–Crippen LogP) is 3.25. The lowest BCUT2D eigenvalue weighted by Gasteiger charge is -2.17. The number of carbonyl (C=O) groups excluding carboxylic acids is 1. The number of likely N-dealkylation sites (tertiary alicyclic amines) is 1. The van der Waals surface area contributed by atoms with Gasteiger partial charge in [-0.1, -0.05) is 30.3 Å². The maximum atomic E-state index is 12.8. The van der Waals surface area contributed by atoms with Gasteiger partial charge >= 0.3 is 0 Å². The van der Waals surface area contributed by atoms with Crippen LogP contribution in [-0.4, -0.2) is 48.6 Å². The number of benzene rings is 2. The fourth-order valence-corrected chi connectivity index (χ4v) is 4.46. The van der Waals surface area contributed by atoms with Crippen LogP contribution in [0.4, 0.5) is 0 Å². The van der Waals surface area contributed by atoms with Gasteiger partial charge in [0, 0.05) is 18.7 Å². The molecule has 2 aromatic carbocycles. The monoisotopic (exact) mass is 351 g/mol. The molecule has 1 aliphatic carbocycles. The summed E-state index contributed by atoms with van der Waals surface area (Å²) < 4.78 is 5.30. The summed E-state index contributed by atoms with van der Waals surface area (Å²) >= 11 is 0. The maximum Gasteiger partial charge on any atom is 0.176 e. The lowest BCUT2D eigenvalue weighted by Crippen LogP contribution is -2.29. The average Bonchev–Trinajstić information content (AvgIpc) is 3.18. The van der Waals surface area contributed by atoms with Crippen LogP contribution in [0.3, 0.4) is 0 Å². The number of nitrogens with zero attached hydrogens (tertiary/aromatic N) is 1. The Hall–Kier alpha value is -2.17. The van der Waals surface area contributed by atoms with Gasteiger partial charge in [-0.05, 0) is 54.0 Å². The first kappa shape index (κ1) is 17.3.